The predicted molar refractivity (Wildman–Crippen MR) is 105 cm³/mol. The Morgan fingerprint density at radius 2 is 1.84 bits per heavy atom. The molecule has 1 aromatic carbocycles. The van der Waals surface area contributed by atoms with Crippen LogP contribution < -0.4 is 5.32 Å². The molecule has 1 aliphatic carbocycles. The number of aromatic hydroxyl groups is 1. The van der Waals surface area contributed by atoms with Gasteiger partial charge in [0.25, 0.3) is 5.91 Å². The first kappa shape index (κ1) is 18.1. The molecule has 0 bridgehead atoms. The third kappa shape index (κ3) is 3.61. The fourth-order valence-corrected chi connectivity index (χ4v) is 4.50. The third-order valence-corrected chi connectivity index (χ3v) is 5.73. The largest absolute Gasteiger partial charge is 0.505 e. The van der Waals surface area contributed by atoms with E-state index in [1.807, 2.05) is 26.0 Å². The number of aromatic nitrogens is 1. The van der Waals surface area contributed by atoms with E-state index in [0.29, 0.717) is 21.8 Å². The lowest BCUT2D eigenvalue weighted by molar-refractivity contribution is 0.102. The van der Waals surface area contributed by atoms with Gasteiger partial charge in [-0.3, -0.25) is 4.79 Å². The highest BCUT2D eigenvalue weighted by Gasteiger charge is 2.23. The molecule has 1 fully saturated rings. The van der Waals surface area contributed by atoms with Crippen LogP contribution in [0.5, 0.6) is 5.75 Å². The number of nitrogens with one attached hydrogen (secondary N) is 1. The van der Waals surface area contributed by atoms with E-state index >= 15 is 0 Å². The summed E-state index contributed by atoms with van der Waals surface area (Å²) in [5.74, 6) is -0.122. The minimum atomic E-state index is -0.178. The molecule has 3 rings (SSSR count). The van der Waals surface area contributed by atoms with Gasteiger partial charge < -0.3 is 15.0 Å². The van der Waals surface area contributed by atoms with Crippen molar-refractivity contribution in [2.75, 3.05) is 5.32 Å². The molecule has 0 spiro atoms. The van der Waals surface area contributed by atoms with Gasteiger partial charge >= 0.3 is 0 Å². The molecule has 5 heteroatoms. The smallest absolute Gasteiger partial charge is 0.257 e. The molecular formula is C20H25BrN2O2. The SMILES string of the molecule is Cc1cc(Br)c(O)c(NC(=O)c2cc(C)n(C3CCCCC3)c2C)c1. The van der Waals surface area contributed by atoms with Crippen LogP contribution in [0.4, 0.5) is 5.69 Å². The molecule has 0 unspecified atom stereocenters. The fraction of sp³-hybridized carbons (Fsp3) is 0.450. The van der Waals surface area contributed by atoms with Gasteiger partial charge in [-0.25, -0.2) is 0 Å². The van der Waals surface area contributed by atoms with Gasteiger partial charge in [0.1, 0.15) is 0 Å². The maximum atomic E-state index is 12.8. The molecular weight excluding hydrogens is 380 g/mol. The van der Waals surface area contributed by atoms with Gasteiger partial charge in [0.15, 0.2) is 5.75 Å². The van der Waals surface area contributed by atoms with E-state index in [4.69, 9.17) is 0 Å². The average molecular weight is 405 g/mol. The zero-order chi connectivity index (χ0) is 18.1. The average Bonchev–Trinajstić information content (AvgIpc) is 2.87. The number of carbonyl (C=O) groups is 1. The fourth-order valence-electron chi connectivity index (χ4n) is 3.93. The van der Waals surface area contributed by atoms with Crippen molar-refractivity contribution in [1.82, 2.24) is 4.57 Å². The van der Waals surface area contributed by atoms with Crippen molar-refractivity contribution in [3.8, 4) is 5.75 Å². The number of phenolic OH excluding ortho intramolecular Hbond substituents is 1. The standard InChI is InChI=1S/C20H25BrN2O2/c1-12-9-17(21)19(24)18(10-12)22-20(25)16-11-13(2)23(14(16)3)15-7-5-4-6-8-15/h9-11,15,24H,4-8H2,1-3H3,(H,22,25). The first-order chi connectivity index (χ1) is 11.9. The first-order valence-electron chi connectivity index (χ1n) is 8.87. The number of aryl methyl sites for hydroxylation is 2. The van der Waals surface area contributed by atoms with Crippen LogP contribution in [0.3, 0.4) is 0 Å². The molecule has 1 aliphatic rings. The van der Waals surface area contributed by atoms with Crippen LogP contribution in [0.15, 0.2) is 22.7 Å². The first-order valence-corrected chi connectivity index (χ1v) is 9.66. The summed E-state index contributed by atoms with van der Waals surface area (Å²) in [6.07, 6.45) is 6.19. The van der Waals surface area contributed by atoms with Gasteiger partial charge in [0.05, 0.1) is 15.7 Å². The van der Waals surface area contributed by atoms with E-state index in [-0.39, 0.29) is 11.7 Å². The summed E-state index contributed by atoms with van der Waals surface area (Å²) in [6.45, 7) is 6.01. The Kier molecular flexibility index (Phi) is 5.23. The van der Waals surface area contributed by atoms with Crippen molar-refractivity contribution in [3.05, 3.63) is 45.2 Å². The number of phenols is 1. The monoisotopic (exact) mass is 404 g/mol. The predicted octanol–water partition coefficient (Wildman–Crippen LogP) is 5.64. The van der Waals surface area contributed by atoms with Crippen LogP contribution in [0.2, 0.25) is 0 Å². The highest BCUT2D eigenvalue weighted by Crippen LogP contribution is 2.35. The summed E-state index contributed by atoms with van der Waals surface area (Å²) >= 11 is 3.32. The summed E-state index contributed by atoms with van der Waals surface area (Å²) in [5, 5.41) is 13.0. The Bertz CT molecular complexity index is 805. The van der Waals surface area contributed by atoms with E-state index in [1.165, 1.54) is 32.1 Å². The zero-order valence-corrected chi connectivity index (χ0v) is 16.6. The molecule has 0 radical (unpaired) electrons. The van der Waals surface area contributed by atoms with Crippen molar-refractivity contribution >= 4 is 27.5 Å². The van der Waals surface area contributed by atoms with E-state index in [1.54, 1.807) is 6.07 Å². The number of amides is 1. The summed E-state index contributed by atoms with van der Waals surface area (Å²) in [5.41, 5.74) is 4.21. The van der Waals surface area contributed by atoms with Gasteiger partial charge in [-0.05, 0) is 73.3 Å². The van der Waals surface area contributed by atoms with Crippen molar-refractivity contribution in [1.29, 1.82) is 0 Å². The van der Waals surface area contributed by atoms with Gasteiger partial charge in [-0.1, -0.05) is 19.3 Å². The lowest BCUT2D eigenvalue weighted by Gasteiger charge is -2.26. The number of nitrogens with zero attached hydrogens (tertiary/aromatic N) is 1. The van der Waals surface area contributed by atoms with Crippen molar-refractivity contribution < 1.29 is 9.90 Å². The van der Waals surface area contributed by atoms with Crippen molar-refractivity contribution in [3.63, 3.8) is 0 Å². The number of anilines is 1. The number of benzene rings is 1. The number of carbonyl (C=O) groups excluding carboxylic acids is 1. The minimum absolute atomic E-state index is 0.0556. The Morgan fingerprint density at radius 3 is 2.52 bits per heavy atom. The normalized spacial score (nSPS) is 15.4. The molecule has 2 aromatic rings. The molecule has 0 saturated heterocycles. The zero-order valence-electron chi connectivity index (χ0n) is 15.0. The van der Waals surface area contributed by atoms with Gasteiger partial charge in [0.2, 0.25) is 0 Å². The van der Waals surface area contributed by atoms with Gasteiger partial charge in [0, 0.05) is 17.4 Å². The summed E-state index contributed by atoms with van der Waals surface area (Å²) < 4.78 is 2.90. The molecule has 134 valence electrons. The Morgan fingerprint density at radius 1 is 1.16 bits per heavy atom. The number of rotatable bonds is 3. The summed E-state index contributed by atoms with van der Waals surface area (Å²) in [4.78, 5) is 12.8. The van der Waals surface area contributed by atoms with E-state index in [9.17, 15) is 9.90 Å². The quantitative estimate of drug-likeness (QED) is 0.650. The molecule has 0 atom stereocenters. The molecule has 25 heavy (non-hydrogen) atoms. The molecule has 0 aliphatic heterocycles. The second kappa shape index (κ2) is 7.24. The molecule has 4 nitrogen and oxygen atoms in total. The second-order valence-electron chi connectivity index (χ2n) is 7.04. The topological polar surface area (TPSA) is 54.3 Å². The van der Waals surface area contributed by atoms with Crippen molar-refractivity contribution in [2.45, 2.75) is 58.9 Å². The second-order valence-corrected chi connectivity index (χ2v) is 7.90. The number of hydrogen-bond donors (Lipinski definition) is 2. The summed E-state index contributed by atoms with van der Waals surface area (Å²) in [7, 11) is 0. The van der Waals surface area contributed by atoms with Crippen LogP contribution in [-0.4, -0.2) is 15.6 Å². The number of hydrogen-bond acceptors (Lipinski definition) is 2. The lowest BCUT2D eigenvalue weighted by Crippen LogP contribution is -2.17. The van der Waals surface area contributed by atoms with Gasteiger partial charge in [-0.15, -0.1) is 0 Å². The Labute approximate surface area is 157 Å². The molecule has 1 heterocycles. The van der Waals surface area contributed by atoms with Crippen molar-refractivity contribution in [2.24, 2.45) is 0 Å². The minimum Gasteiger partial charge on any atom is -0.505 e. The van der Waals surface area contributed by atoms with Gasteiger partial charge in [-0.2, -0.15) is 0 Å². The Balaban J connectivity index is 1.88. The molecule has 1 amide bonds. The third-order valence-electron chi connectivity index (χ3n) is 5.12. The molecule has 1 aromatic heterocycles. The maximum Gasteiger partial charge on any atom is 0.257 e. The van der Waals surface area contributed by atoms with Crippen LogP contribution in [0.25, 0.3) is 0 Å². The van der Waals surface area contributed by atoms with Crippen LogP contribution in [-0.2, 0) is 0 Å². The van der Waals surface area contributed by atoms with Crippen LogP contribution >= 0.6 is 15.9 Å². The lowest BCUT2D eigenvalue weighted by atomic mass is 9.95. The summed E-state index contributed by atoms with van der Waals surface area (Å²) in [6, 6.07) is 6.05. The van der Waals surface area contributed by atoms with Crippen LogP contribution in [0, 0.1) is 20.8 Å². The highest BCUT2D eigenvalue weighted by molar-refractivity contribution is 9.10. The van der Waals surface area contributed by atoms with E-state index < -0.39 is 0 Å². The van der Waals surface area contributed by atoms with E-state index in [0.717, 1.165) is 17.0 Å². The number of halogens is 1. The molecule has 1 saturated carbocycles. The van der Waals surface area contributed by atoms with E-state index in [2.05, 4.69) is 32.7 Å². The Hall–Kier alpha value is -1.75. The van der Waals surface area contributed by atoms with Crippen LogP contribution in [0.1, 0.15) is 65.5 Å². The maximum absolute atomic E-state index is 12.8. The highest BCUT2D eigenvalue weighted by atomic mass is 79.9. The molecule has 2 N–H and O–H groups in total.